The van der Waals surface area contributed by atoms with Crippen LogP contribution in [0.15, 0.2) is 48.7 Å². The number of nitrogens with two attached hydrogens (primary N) is 1. The number of alkyl halides is 6. The van der Waals surface area contributed by atoms with Crippen LogP contribution in [0.5, 0.6) is 17.2 Å². The number of rotatable bonds is 6. The molecule has 0 fully saturated rings. The molecule has 190 valence electrons. The maximum Gasteiger partial charge on any atom is 0.573 e. The maximum absolute atomic E-state index is 13.5. The van der Waals surface area contributed by atoms with Crippen LogP contribution in [-0.2, 0) is 6.18 Å². The summed E-state index contributed by atoms with van der Waals surface area (Å²) in [5.74, 6) is -2.64. The second-order valence-electron chi connectivity index (χ2n) is 7.44. The monoisotopic (exact) mass is 513 g/mol. The van der Waals surface area contributed by atoms with E-state index in [1.54, 1.807) is 0 Å². The zero-order chi connectivity index (χ0) is 26.8. The van der Waals surface area contributed by atoms with Crippen LogP contribution in [0.1, 0.15) is 37.5 Å². The van der Waals surface area contributed by atoms with E-state index in [2.05, 4.69) is 15.0 Å². The van der Waals surface area contributed by atoms with Crippen LogP contribution in [0.2, 0.25) is 0 Å². The zero-order valence-electron chi connectivity index (χ0n) is 18.5. The molecule has 1 aromatic heterocycles. The molecule has 3 rings (SSSR count). The quantitative estimate of drug-likeness (QED) is 0.408. The number of amides is 2. The van der Waals surface area contributed by atoms with Gasteiger partial charge < -0.3 is 20.5 Å². The molecule has 2 aromatic carbocycles. The third kappa shape index (κ3) is 6.23. The summed E-state index contributed by atoms with van der Waals surface area (Å²) in [7, 11) is 0. The largest absolute Gasteiger partial charge is 0.573 e. The van der Waals surface area contributed by atoms with Gasteiger partial charge in [-0.1, -0.05) is 0 Å². The second-order valence-corrected chi connectivity index (χ2v) is 7.44. The Morgan fingerprint density at radius 3 is 2.14 bits per heavy atom. The van der Waals surface area contributed by atoms with Gasteiger partial charge in [-0.15, -0.1) is 13.2 Å². The number of pyridine rings is 1. The van der Waals surface area contributed by atoms with Gasteiger partial charge >= 0.3 is 12.5 Å². The summed E-state index contributed by atoms with van der Waals surface area (Å²) in [4.78, 5) is 27.9. The second kappa shape index (κ2) is 9.76. The van der Waals surface area contributed by atoms with Gasteiger partial charge in [-0.05, 0) is 67.4 Å². The van der Waals surface area contributed by atoms with E-state index in [0.29, 0.717) is 0 Å². The Bertz CT molecular complexity index is 1300. The molecule has 0 atom stereocenters. The van der Waals surface area contributed by atoms with Crippen LogP contribution < -0.4 is 20.5 Å². The van der Waals surface area contributed by atoms with E-state index < -0.39 is 46.8 Å². The van der Waals surface area contributed by atoms with Gasteiger partial charge in [0.1, 0.15) is 22.9 Å². The highest BCUT2D eigenvalue weighted by Gasteiger charge is 2.35. The van der Waals surface area contributed by atoms with Gasteiger partial charge in [0.25, 0.3) is 11.8 Å². The lowest BCUT2D eigenvalue weighted by Crippen LogP contribution is -2.19. The molecule has 0 aliphatic carbocycles. The number of carbonyl (C=O) groups excluding carboxylic acids is 2. The molecule has 0 bridgehead atoms. The van der Waals surface area contributed by atoms with E-state index in [0.717, 1.165) is 43.5 Å². The predicted octanol–water partition coefficient (Wildman–Crippen LogP) is 5.76. The number of benzene rings is 2. The number of hydrogen-bond acceptors (Lipinski definition) is 5. The molecule has 0 saturated heterocycles. The van der Waals surface area contributed by atoms with Crippen LogP contribution in [-0.4, -0.2) is 23.2 Å². The van der Waals surface area contributed by atoms with E-state index in [1.165, 1.54) is 19.1 Å². The third-order valence-corrected chi connectivity index (χ3v) is 4.83. The molecule has 36 heavy (non-hydrogen) atoms. The van der Waals surface area contributed by atoms with Crippen molar-refractivity contribution >= 4 is 17.5 Å². The van der Waals surface area contributed by atoms with Crippen LogP contribution in [0.3, 0.4) is 0 Å². The molecule has 2 amide bonds. The van der Waals surface area contributed by atoms with Crippen molar-refractivity contribution in [1.29, 1.82) is 0 Å². The summed E-state index contributed by atoms with van der Waals surface area (Å²) in [5.41, 5.74) is 3.21. The van der Waals surface area contributed by atoms with Crippen molar-refractivity contribution in [2.24, 2.45) is 5.73 Å². The average molecular weight is 513 g/mol. The number of aryl methyl sites for hydroxylation is 1. The van der Waals surface area contributed by atoms with Gasteiger partial charge in [-0.3, -0.25) is 9.59 Å². The molecule has 13 heteroatoms. The Labute approximate surface area is 199 Å². The fourth-order valence-corrected chi connectivity index (χ4v) is 3.22. The molecule has 0 unspecified atom stereocenters. The number of anilines is 1. The number of hydrogen-bond donors (Lipinski definition) is 2. The molecule has 0 radical (unpaired) electrons. The number of carbonyl (C=O) groups is 2. The first-order valence-corrected chi connectivity index (χ1v) is 9.98. The van der Waals surface area contributed by atoms with E-state index >= 15 is 0 Å². The predicted molar refractivity (Wildman–Crippen MR) is 115 cm³/mol. The molecule has 0 spiro atoms. The summed E-state index contributed by atoms with van der Waals surface area (Å²) in [6.07, 6.45) is -8.62. The molecule has 0 saturated carbocycles. The first kappa shape index (κ1) is 26.3. The van der Waals surface area contributed by atoms with Gasteiger partial charge in [-0.2, -0.15) is 13.2 Å². The molecular formula is C23H17F6N3O4. The fourth-order valence-electron chi connectivity index (χ4n) is 3.22. The summed E-state index contributed by atoms with van der Waals surface area (Å²) in [5, 5.41) is 2.37. The highest BCUT2D eigenvalue weighted by atomic mass is 19.4. The van der Waals surface area contributed by atoms with Crippen LogP contribution in [0, 0.1) is 13.8 Å². The minimum absolute atomic E-state index is 0.0230. The van der Waals surface area contributed by atoms with Gasteiger partial charge in [0.2, 0.25) is 0 Å². The van der Waals surface area contributed by atoms with Gasteiger partial charge in [0, 0.05) is 0 Å². The number of aromatic nitrogens is 1. The van der Waals surface area contributed by atoms with Gasteiger partial charge in [0.05, 0.1) is 23.0 Å². The van der Waals surface area contributed by atoms with Crippen molar-refractivity contribution < 1.29 is 45.4 Å². The van der Waals surface area contributed by atoms with Crippen molar-refractivity contribution in [3.63, 3.8) is 0 Å². The van der Waals surface area contributed by atoms with Crippen LogP contribution in [0.4, 0.5) is 32.0 Å². The number of halogens is 6. The summed E-state index contributed by atoms with van der Waals surface area (Å²) in [6, 6.07) is 7.24. The Kier molecular flexibility index (Phi) is 7.13. The van der Waals surface area contributed by atoms with Gasteiger partial charge in [-0.25, -0.2) is 4.98 Å². The Morgan fingerprint density at radius 2 is 1.61 bits per heavy atom. The van der Waals surface area contributed by atoms with Crippen molar-refractivity contribution in [3.05, 3.63) is 76.6 Å². The lowest BCUT2D eigenvalue weighted by molar-refractivity contribution is -0.274. The van der Waals surface area contributed by atoms with E-state index in [1.807, 2.05) is 0 Å². The molecule has 1 heterocycles. The summed E-state index contributed by atoms with van der Waals surface area (Å²) < 4.78 is 87.4. The van der Waals surface area contributed by atoms with E-state index in [4.69, 9.17) is 10.5 Å². The van der Waals surface area contributed by atoms with Crippen molar-refractivity contribution in [1.82, 2.24) is 4.98 Å². The number of ether oxygens (including phenoxy) is 2. The van der Waals surface area contributed by atoms with E-state index in [-0.39, 0.29) is 28.4 Å². The number of nitrogens with zero attached hydrogens (tertiary/aromatic N) is 1. The first-order valence-electron chi connectivity index (χ1n) is 9.98. The lowest BCUT2D eigenvalue weighted by atomic mass is 10.00. The lowest BCUT2D eigenvalue weighted by Gasteiger charge is -2.19. The SMILES string of the molecule is Cc1cc(OC(F)(F)F)ccc1Oc1ccc(C(F)(F)F)c(C)c1C(=O)Nc1ccc(C(N)=O)nc1. The van der Waals surface area contributed by atoms with E-state index in [9.17, 15) is 35.9 Å². The molecule has 3 aromatic rings. The fraction of sp³-hybridized carbons (Fsp3) is 0.174. The summed E-state index contributed by atoms with van der Waals surface area (Å²) >= 11 is 0. The van der Waals surface area contributed by atoms with Crippen molar-refractivity contribution in [3.8, 4) is 17.2 Å². The maximum atomic E-state index is 13.5. The van der Waals surface area contributed by atoms with Crippen LogP contribution >= 0.6 is 0 Å². The smallest absolute Gasteiger partial charge is 0.456 e. The highest BCUT2D eigenvalue weighted by molar-refractivity contribution is 6.07. The van der Waals surface area contributed by atoms with Crippen molar-refractivity contribution in [2.45, 2.75) is 26.4 Å². The normalized spacial score (nSPS) is 11.7. The highest BCUT2D eigenvalue weighted by Crippen LogP contribution is 2.39. The molecular weight excluding hydrogens is 496 g/mol. The molecule has 0 aliphatic heterocycles. The third-order valence-electron chi connectivity index (χ3n) is 4.83. The Hall–Kier alpha value is -4.29. The summed E-state index contributed by atoms with van der Waals surface area (Å²) in [6.45, 7) is 2.47. The minimum Gasteiger partial charge on any atom is -0.456 e. The molecule has 0 aliphatic rings. The van der Waals surface area contributed by atoms with Crippen molar-refractivity contribution in [2.75, 3.05) is 5.32 Å². The standard InChI is InChI=1S/C23H17F6N3O4/c1-11-9-14(36-23(27,28)29)4-7-17(11)35-18-8-5-15(22(24,25)26)12(2)19(18)21(34)32-13-3-6-16(20(30)33)31-10-13/h3-10H,1-2H3,(H2,30,33)(H,32,34). The minimum atomic E-state index is -4.92. The Morgan fingerprint density at radius 1 is 0.944 bits per heavy atom. The number of nitrogens with one attached hydrogen (secondary N) is 1. The molecule has 7 nitrogen and oxygen atoms in total. The molecule has 3 N–H and O–H groups in total. The Balaban J connectivity index is 1.99. The first-order chi connectivity index (χ1) is 16.7. The van der Waals surface area contributed by atoms with Gasteiger partial charge in [0.15, 0.2) is 0 Å². The number of primary amides is 1. The zero-order valence-corrected chi connectivity index (χ0v) is 18.5. The topological polar surface area (TPSA) is 104 Å². The average Bonchev–Trinajstić information content (AvgIpc) is 2.74. The van der Waals surface area contributed by atoms with Crippen LogP contribution in [0.25, 0.3) is 0 Å².